The zero-order chi connectivity index (χ0) is 15.2. The van der Waals surface area contributed by atoms with Gasteiger partial charge in [0, 0.05) is 29.7 Å². The van der Waals surface area contributed by atoms with Crippen molar-refractivity contribution >= 4 is 17.2 Å². The van der Waals surface area contributed by atoms with Gasteiger partial charge in [0.1, 0.15) is 7.05 Å². The lowest BCUT2D eigenvalue weighted by Crippen LogP contribution is -3.00. The van der Waals surface area contributed by atoms with Gasteiger partial charge in [-0.15, -0.1) is 0 Å². The Bertz CT molecular complexity index is 760. The Balaban J connectivity index is 0.00000176. The van der Waals surface area contributed by atoms with E-state index in [4.69, 9.17) is 0 Å². The zero-order valence-corrected chi connectivity index (χ0v) is 15.5. The molecule has 3 rings (SSSR count). The third-order valence-corrected chi connectivity index (χ3v) is 4.74. The fourth-order valence-corrected chi connectivity index (χ4v) is 3.02. The Morgan fingerprint density at radius 3 is 2.27 bits per heavy atom. The third-order valence-electron chi connectivity index (χ3n) is 4.74. The molecule has 0 aliphatic carbocycles. The molecule has 1 heterocycles. The number of fused-ring (bicyclic) bond motifs is 1. The molecule has 0 aromatic heterocycles. The summed E-state index contributed by atoms with van der Waals surface area (Å²) in [6.07, 6.45) is 0. The number of carbonyl (C=O) groups excluding carboxylic acids is 1. The van der Waals surface area contributed by atoms with Crippen LogP contribution in [0.15, 0.2) is 48.5 Å². The fraction of sp³-hybridized carbons (Fsp3) is 0.263. The molecule has 1 aliphatic heterocycles. The molecule has 0 spiro atoms. The first-order valence-electron chi connectivity index (χ1n) is 7.25. The second kappa shape index (κ2) is 5.95. The van der Waals surface area contributed by atoms with Crippen LogP contribution in [0, 0.1) is 0 Å². The van der Waals surface area contributed by atoms with Crippen molar-refractivity contribution in [1.29, 1.82) is 0 Å². The minimum atomic E-state index is -0.0307. The van der Waals surface area contributed by atoms with Gasteiger partial charge in [-0.2, -0.15) is 0 Å². The molecule has 0 unspecified atom stereocenters. The lowest BCUT2D eigenvalue weighted by atomic mass is 9.81. The van der Waals surface area contributed by atoms with Crippen molar-refractivity contribution in [2.24, 2.45) is 0 Å². The highest BCUT2D eigenvalue weighted by molar-refractivity contribution is 6.09. The zero-order valence-electron chi connectivity index (χ0n) is 13.4. The van der Waals surface area contributed by atoms with Crippen LogP contribution in [0.1, 0.15) is 42.3 Å². The van der Waals surface area contributed by atoms with E-state index in [9.17, 15) is 4.79 Å². The van der Waals surface area contributed by atoms with E-state index in [1.165, 1.54) is 17.0 Å². The smallest absolute Gasteiger partial charge is 0.209 e. The molecule has 1 aliphatic rings. The standard InChI is InChI=1S/C19H20NO.HI/c1-13-19(2,3)16-12-15(10-11-17(16)20(13)4)18(21)14-8-6-5-7-9-14;/h5-12H,1-4H3;1H/q+1;/p-1. The Morgan fingerprint density at radius 2 is 1.64 bits per heavy atom. The Hall–Kier alpha value is -1.49. The van der Waals surface area contributed by atoms with Crippen LogP contribution in [0.25, 0.3) is 0 Å². The Labute approximate surface area is 148 Å². The van der Waals surface area contributed by atoms with Crippen LogP contribution < -0.4 is 24.0 Å². The van der Waals surface area contributed by atoms with E-state index >= 15 is 0 Å². The van der Waals surface area contributed by atoms with Gasteiger partial charge in [0.25, 0.3) is 0 Å². The molecule has 0 saturated carbocycles. The summed E-state index contributed by atoms with van der Waals surface area (Å²) in [4.78, 5) is 12.6. The molecule has 2 aromatic carbocycles. The lowest BCUT2D eigenvalue weighted by Gasteiger charge is -2.15. The van der Waals surface area contributed by atoms with Crippen LogP contribution in [-0.4, -0.2) is 23.1 Å². The number of nitrogens with zero attached hydrogens (tertiary/aromatic N) is 1. The first kappa shape index (κ1) is 16.9. The van der Waals surface area contributed by atoms with Gasteiger partial charge in [0.15, 0.2) is 11.5 Å². The second-order valence-corrected chi connectivity index (χ2v) is 6.20. The normalized spacial score (nSPS) is 15.3. The number of halogens is 1. The van der Waals surface area contributed by atoms with Crippen molar-refractivity contribution in [2.75, 3.05) is 7.05 Å². The summed E-state index contributed by atoms with van der Waals surface area (Å²) in [5.41, 5.74) is 5.20. The minimum Gasteiger partial charge on any atom is -1.00 e. The maximum atomic E-state index is 12.6. The second-order valence-electron chi connectivity index (χ2n) is 6.20. The largest absolute Gasteiger partial charge is 1.00 e. The van der Waals surface area contributed by atoms with Gasteiger partial charge in [-0.25, -0.2) is 4.58 Å². The number of hydrogen-bond donors (Lipinski definition) is 0. The fourth-order valence-electron chi connectivity index (χ4n) is 3.02. The van der Waals surface area contributed by atoms with E-state index in [0.717, 1.165) is 11.1 Å². The lowest BCUT2D eigenvalue weighted by molar-refractivity contribution is -0.403. The van der Waals surface area contributed by atoms with Gasteiger partial charge in [0.05, 0.1) is 5.41 Å². The molecule has 2 aromatic rings. The Kier molecular flexibility index (Phi) is 4.57. The SMILES string of the molecule is CC1=[N+](C)c2ccc(C(=O)c3ccccc3)cc2C1(C)C.[I-]. The number of rotatable bonds is 2. The van der Waals surface area contributed by atoms with Crippen LogP contribution >= 0.6 is 0 Å². The predicted molar refractivity (Wildman–Crippen MR) is 85.9 cm³/mol. The van der Waals surface area contributed by atoms with Crippen LogP contribution in [0.2, 0.25) is 0 Å². The summed E-state index contributed by atoms with van der Waals surface area (Å²) in [6.45, 7) is 6.57. The van der Waals surface area contributed by atoms with Crippen molar-refractivity contribution in [2.45, 2.75) is 26.2 Å². The molecule has 0 N–H and O–H groups in total. The van der Waals surface area contributed by atoms with Crippen molar-refractivity contribution in [1.82, 2.24) is 0 Å². The molecule has 0 atom stereocenters. The molecule has 0 radical (unpaired) electrons. The van der Waals surface area contributed by atoms with E-state index in [1.807, 2.05) is 36.4 Å². The maximum absolute atomic E-state index is 12.6. The molecule has 0 amide bonds. The number of benzene rings is 2. The van der Waals surface area contributed by atoms with E-state index < -0.39 is 0 Å². The van der Waals surface area contributed by atoms with Crippen molar-refractivity contribution in [3.05, 3.63) is 65.2 Å². The van der Waals surface area contributed by atoms with Crippen LogP contribution in [-0.2, 0) is 5.41 Å². The first-order chi connectivity index (χ1) is 9.93. The van der Waals surface area contributed by atoms with Gasteiger partial charge in [-0.05, 0) is 26.0 Å². The van der Waals surface area contributed by atoms with Crippen molar-refractivity contribution in [3.8, 4) is 0 Å². The molecule has 114 valence electrons. The minimum absolute atomic E-state index is 0. The topological polar surface area (TPSA) is 20.1 Å². The molecule has 22 heavy (non-hydrogen) atoms. The average molecular weight is 405 g/mol. The predicted octanol–water partition coefficient (Wildman–Crippen LogP) is 0.947. The van der Waals surface area contributed by atoms with Crippen LogP contribution in [0.3, 0.4) is 0 Å². The molecular formula is C19H20INO. The van der Waals surface area contributed by atoms with E-state index in [2.05, 4.69) is 44.5 Å². The van der Waals surface area contributed by atoms with Gasteiger partial charge in [0.2, 0.25) is 5.69 Å². The molecular weight excluding hydrogens is 385 g/mol. The third kappa shape index (κ3) is 2.51. The summed E-state index contributed by atoms with van der Waals surface area (Å²) in [7, 11) is 2.08. The highest BCUT2D eigenvalue weighted by Gasteiger charge is 2.41. The van der Waals surface area contributed by atoms with Gasteiger partial charge in [-0.3, -0.25) is 4.79 Å². The van der Waals surface area contributed by atoms with E-state index in [1.54, 1.807) is 0 Å². The molecule has 0 bridgehead atoms. The molecule has 2 nitrogen and oxygen atoms in total. The van der Waals surface area contributed by atoms with Gasteiger partial charge < -0.3 is 24.0 Å². The summed E-state index contributed by atoms with van der Waals surface area (Å²) >= 11 is 0. The number of hydrogen-bond acceptors (Lipinski definition) is 1. The highest BCUT2D eigenvalue weighted by Crippen LogP contribution is 2.39. The molecule has 0 saturated heterocycles. The highest BCUT2D eigenvalue weighted by atomic mass is 127. The number of carbonyl (C=O) groups is 1. The van der Waals surface area contributed by atoms with Crippen molar-refractivity contribution < 1.29 is 33.3 Å². The van der Waals surface area contributed by atoms with Gasteiger partial charge >= 0.3 is 0 Å². The summed E-state index contributed by atoms with van der Waals surface area (Å²) in [5, 5.41) is 0. The monoisotopic (exact) mass is 405 g/mol. The first-order valence-corrected chi connectivity index (χ1v) is 7.25. The molecule has 3 heteroatoms. The quantitative estimate of drug-likeness (QED) is 0.414. The Morgan fingerprint density at radius 1 is 1.00 bits per heavy atom. The van der Waals surface area contributed by atoms with E-state index in [-0.39, 0.29) is 35.2 Å². The van der Waals surface area contributed by atoms with Crippen LogP contribution in [0.5, 0.6) is 0 Å². The van der Waals surface area contributed by atoms with Crippen molar-refractivity contribution in [3.63, 3.8) is 0 Å². The summed E-state index contributed by atoms with van der Waals surface area (Å²) < 4.78 is 2.21. The average Bonchev–Trinajstić information content (AvgIpc) is 2.68. The maximum Gasteiger partial charge on any atom is 0.209 e. The van der Waals surface area contributed by atoms with Gasteiger partial charge in [-0.1, -0.05) is 30.3 Å². The van der Waals surface area contributed by atoms with E-state index in [0.29, 0.717) is 0 Å². The summed E-state index contributed by atoms with van der Waals surface area (Å²) in [5.74, 6) is 0.0846. The number of ketones is 1. The summed E-state index contributed by atoms with van der Waals surface area (Å²) in [6, 6.07) is 15.5. The molecule has 0 fully saturated rings. The van der Waals surface area contributed by atoms with Crippen LogP contribution in [0.4, 0.5) is 5.69 Å².